The van der Waals surface area contributed by atoms with Crippen molar-refractivity contribution >= 4 is 58.5 Å². The molecule has 56 heavy (non-hydrogen) atoms. The smallest absolute Gasteiger partial charge is 0.389 e. The van der Waals surface area contributed by atoms with Crippen molar-refractivity contribution in [1.29, 1.82) is 0 Å². The summed E-state index contributed by atoms with van der Waals surface area (Å²) in [7, 11) is -7.24. The van der Waals surface area contributed by atoms with Crippen LogP contribution < -0.4 is 30.6 Å². The van der Waals surface area contributed by atoms with Crippen LogP contribution in [-0.4, -0.2) is 81.3 Å². The van der Waals surface area contributed by atoms with Crippen molar-refractivity contribution in [3.63, 3.8) is 0 Å². The van der Waals surface area contributed by atoms with Crippen LogP contribution in [0.4, 0.5) is 35.3 Å². The molecule has 2 amide bonds. The molecule has 1 heterocycles. The van der Waals surface area contributed by atoms with Crippen LogP contribution in [0, 0.1) is 17.0 Å². The van der Waals surface area contributed by atoms with E-state index in [9.17, 15) is 45.9 Å². The first-order valence-corrected chi connectivity index (χ1v) is 18.8. The van der Waals surface area contributed by atoms with Gasteiger partial charge in [0, 0.05) is 12.5 Å². The lowest BCUT2D eigenvalue weighted by molar-refractivity contribution is -0.383. The van der Waals surface area contributed by atoms with Gasteiger partial charge >= 0.3 is 31.8 Å². The molecule has 0 spiro atoms. The van der Waals surface area contributed by atoms with Gasteiger partial charge in [-0.3, -0.25) is 30.1 Å². The maximum atomic E-state index is 12.5. The number of amides is 2. The van der Waals surface area contributed by atoms with Crippen LogP contribution in [0.5, 0.6) is 17.5 Å². The van der Waals surface area contributed by atoms with Crippen LogP contribution in [0.25, 0.3) is 0 Å². The number of aryl methyl sites for hydroxylation is 2. The van der Waals surface area contributed by atoms with E-state index in [-0.39, 0.29) is 45.5 Å². The maximum absolute atomic E-state index is 12.5. The number of methoxy groups -OCH3 is 1. The van der Waals surface area contributed by atoms with Gasteiger partial charge in [0.1, 0.15) is 28.0 Å². The molecular formula is C30H33ClF3N8O12PS. The third-order valence-corrected chi connectivity index (χ3v) is 8.64. The Balaban J connectivity index is 0.000000329. The number of rotatable bonds is 13. The number of nitro groups is 1. The first-order valence-electron chi connectivity index (χ1n) is 15.2. The number of benzene rings is 3. The lowest BCUT2D eigenvalue weighted by atomic mass is 10.1. The topological polar surface area (TPSA) is 308 Å². The molecule has 4 aromatic rings. The molecule has 0 radical (unpaired) electrons. The number of carbonyl (C=O) groups excluding carboxylic acids is 1. The van der Waals surface area contributed by atoms with E-state index in [1.807, 2.05) is 6.07 Å². The summed E-state index contributed by atoms with van der Waals surface area (Å²) < 4.78 is 84.3. The quantitative estimate of drug-likeness (QED) is 0.0418. The zero-order valence-corrected chi connectivity index (χ0v) is 31.4. The summed E-state index contributed by atoms with van der Waals surface area (Å²) in [6.07, 6.45) is -6.79. The molecule has 0 saturated heterocycles. The Bertz CT molecular complexity index is 2150. The van der Waals surface area contributed by atoms with E-state index in [4.69, 9.17) is 41.7 Å². The number of hydrogen-bond donors (Lipinski definition) is 7. The number of nitrogens with one attached hydrogen (secondary N) is 3. The fourth-order valence-electron chi connectivity index (χ4n) is 3.88. The molecule has 0 aliphatic rings. The number of alkyl halides is 3. The molecule has 0 unspecified atom stereocenters. The second-order valence-electron chi connectivity index (χ2n) is 10.6. The number of ether oxygens (including phenoxy) is 2. The highest BCUT2D eigenvalue weighted by atomic mass is 35.5. The molecule has 0 fully saturated rings. The van der Waals surface area contributed by atoms with Crippen molar-refractivity contribution in [2.75, 3.05) is 31.0 Å². The SMILES string of the molecule is COc1nc(C)nc(NC(=O)NS(=O)(=O)c2ccccc2CCC(F)(F)F)n1.Nc1c([N+](=O)[O-])ccc(Oc2ccccc2)c1Cl.O=C(O)CNCP(=O)(O)O. The van der Waals surface area contributed by atoms with Gasteiger partial charge in [0.2, 0.25) is 5.95 Å². The first-order chi connectivity index (χ1) is 26.0. The predicted molar refractivity (Wildman–Crippen MR) is 193 cm³/mol. The normalized spacial score (nSPS) is 11.1. The number of aromatic nitrogens is 3. The number of nitrogens with zero attached hydrogens (tertiary/aromatic N) is 4. The van der Waals surface area contributed by atoms with Gasteiger partial charge in [-0.15, -0.1) is 0 Å². The Morgan fingerprint density at radius 3 is 2.23 bits per heavy atom. The van der Waals surface area contributed by atoms with Gasteiger partial charge in [-0.2, -0.15) is 28.1 Å². The first kappa shape index (κ1) is 46.5. The Morgan fingerprint density at radius 2 is 1.66 bits per heavy atom. The number of carbonyl (C=O) groups is 2. The number of carboxylic acid groups (broad SMARTS) is 1. The maximum Gasteiger partial charge on any atom is 0.389 e. The monoisotopic (exact) mass is 852 g/mol. The van der Waals surface area contributed by atoms with Gasteiger partial charge in [0.15, 0.2) is 0 Å². The summed E-state index contributed by atoms with van der Waals surface area (Å²) in [4.78, 5) is 59.2. The number of halogens is 4. The number of sulfonamides is 1. The molecule has 0 aliphatic carbocycles. The Kier molecular flexibility index (Phi) is 17.3. The Morgan fingerprint density at radius 1 is 1.04 bits per heavy atom. The Labute approximate surface area is 320 Å². The van der Waals surface area contributed by atoms with E-state index in [0.29, 0.717) is 5.75 Å². The van der Waals surface area contributed by atoms with E-state index in [1.54, 1.807) is 29.0 Å². The fourth-order valence-corrected chi connectivity index (χ4v) is 5.66. The van der Waals surface area contributed by atoms with Gasteiger partial charge in [0.25, 0.3) is 15.7 Å². The highest BCUT2D eigenvalue weighted by Crippen LogP contribution is 2.39. The van der Waals surface area contributed by atoms with Gasteiger partial charge in [-0.05, 0) is 43.2 Å². The number of urea groups is 1. The molecule has 8 N–H and O–H groups in total. The van der Waals surface area contributed by atoms with E-state index in [0.717, 1.165) is 6.07 Å². The number of carboxylic acids is 1. The molecular weight excluding hydrogens is 820 g/mol. The van der Waals surface area contributed by atoms with Crippen molar-refractivity contribution in [2.24, 2.45) is 0 Å². The van der Waals surface area contributed by atoms with E-state index >= 15 is 0 Å². The largest absolute Gasteiger partial charge is 0.480 e. The van der Waals surface area contributed by atoms with Crippen molar-refractivity contribution in [3.8, 4) is 17.5 Å². The lowest BCUT2D eigenvalue weighted by Crippen LogP contribution is -2.35. The minimum absolute atomic E-state index is 0.0352. The molecule has 0 saturated carbocycles. The van der Waals surface area contributed by atoms with Gasteiger partial charge < -0.3 is 30.1 Å². The zero-order chi connectivity index (χ0) is 42.3. The van der Waals surface area contributed by atoms with Gasteiger partial charge in [-0.1, -0.05) is 48.0 Å². The lowest BCUT2D eigenvalue weighted by Gasteiger charge is -2.13. The minimum atomic E-state index is -4.45. The molecule has 0 bridgehead atoms. The van der Waals surface area contributed by atoms with Crippen LogP contribution in [0.15, 0.2) is 71.6 Å². The Hall–Kier alpha value is -5.65. The third-order valence-electron chi connectivity index (χ3n) is 6.18. The molecule has 304 valence electrons. The molecule has 1 aromatic heterocycles. The molecule has 4 rings (SSSR count). The highest BCUT2D eigenvalue weighted by Gasteiger charge is 2.29. The van der Waals surface area contributed by atoms with Crippen molar-refractivity contribution < 1.29 is 65.0 Å². The second kappa shape index (κ2) is 20.9. The predicted octanol–water partition coefficient (Wildman–Crippen LogP) is 4.61. The average Bonchev–Trinajstić information content (AvgIpc) is 3.09. The molecule has 20 nitrogen and oxygen atoms in total. The summed E-state index contributed by atoms with van der Waals surface area (Å²) >= 11 is 5.94. The second-order valence-corrected chi connectivity index (χ2v) is 14.3. The molecule has 3 aromatic carbocycles. The number of nitrogen functional groups attached to an aromatic ring is 1. The van der Waals surface area contributed by atoms with Crippen molar-refractivity contribution in [1.82, 2.24) is 25.0 Å². The van der Waals surface area contributed by atoms with Crippen LogP contribution in [0.3, 0.4) is 0 Å². The summed E-state index contributed by atoms with van der Waals surface area (Å²) in [6, 6.07) is 15.4. The van der Waals surface area contributed by atoms with Crippen LogP contribution in [-0.2, 0) is 25.8 Å². The third kappa shape index (κ3) is 16.8. The standard InChI is InChI=1S/C15H16F3N5O4S.C12H9ClN2O3.C3H8NO5P/c1-9-19-12(22-14(20-9)27-2)21-13(24)23-28(25,26)11-6-4-3-5-10(11)7-8-15(16,17)18;13-11-10(18-8-4-2-1-3-5-8)7-6-9(12(11)14)15(16)17;5-3(6)1-4-2-10(7,8)9/h3-6H,7-8H2,1-2H3,(H2,19,20,21,22,23,24);1-7H,14H2;4H,1-2H2,(H,5,6)(H2,7,8,9). The van der Waals surface area contributed by atoms with E-state index in [2.05, 4.69) is 25.6 Å². The summed E-state index contributed by atoms with van der Waals surface area (Å²) in [5.74, 6) is -0.336. The van der Waals surface area contributed by atoms with Crippen molar-refractivity contribution in [2.45, 2.75) is 30.8 Å². The van der Waals surface area contributed by atoms with Gasteiger partial charge in [-0.25, -0.2) is 17.9 Å². The summed E-state index contributed by atoms with van der Waals surface area (Å²) in [5.41, 5.74) is 5.18. The number of nitro benzene ring substituents is 1. The number of aliphatic carboxylic acids is 1. The molecule has 0 aliphatic heterocycles. The number of anilines is 2. The minimum Gasteiger partial charge on any atom is -0.480 e. The number of hydrogen-bond acceptors (Lipinski definition) is 14. The summed E-state index contributed by atoms with van der Waals surface area (Å²) in [6.45, 7) is 1.06. The summed E-state index contributed by atoms with van der Waals surface area (Å²) in [5, 5.41) is 22.9. The van der Waals surface area contributed by atoms with Crippen molar-refractivity contribution in [3.05, 3.63) is 93.3 Å². The van der Waals surface area contributed by atoms with Gasteiger partial charge in [0.05, 0.1) is 29.8 Å². The van der Waals surface area contributed by atoms with Crippen LogP contribution in [0.2, 0.25) is 5.02 Å². The number of nitrogens with two attached hydrogens (primary N) is 1. The van der Waals surface area contributed by atoms with Crippen LogP contribution >= 0.6 is 19.2 Å². The molecule has 0 atom stereocenters. The average molecular weight is 853 g/mol. The van der Waals surface area contributed by atoms with E-state index in [1.165, 1.54) is 44.4 Å². The van der Waals surface area contributed by atoms with Crippen LogP contribution in [0.1, 0.15) is 17.8 Å². The van der Waals surface area contributed by atoms with E-state index < -0.39 is 71.3 Å². The highest BCUT2D eigenvalue weighted by molar-refractivity contribution is 7.90. The zero-order valence-electron chi connectivity index (χ0n) is 28.9. The fraction of sp³-hybridized carbons (Fsp3) is 0.233. The number of para-hydroxylation sites is 1. The molecule has 26 heteroatoms.